The molecule has 0 bridgehead atoms. The first-order valence-corrected chi connectivity index (χ1v) is 5.77. The standard InChI is InChI=1S/C10H15N3O3S/c1-6(14)16-13-10(12)7-3-9(17-5-7)8(11)4-15-2/h3,5,8H,4,11H2,1-2H3,(H2,12,13)/t8-/m1/s1. The molecule has 1 aromatic heterocycles. The van der Waals surface area contributed by atoms with Crippen LogP contribution in [0.2, 0.25) is 0 Å². The lowest BCUT2D eigenvalue weighted by Crippen LogP contribution is -2.16. The number of nitrogens with zero attached hydrogens (tertiary/aromatic N) is 1. The molecule has 1 atom stereocenters. The van der Waals surface area contributed by atoms with Crippen molar-refractivity contribution in [2.45, 2.75) is 13.0 Å². The van der Waals surface area contributed by atoms with Gasteiger partial charge in [0, 0.05) is 29.9 Å². The van der Waals surface area contributed by atoms with Gasteiger partial charge in [-0.05, 0) is 6.07 Å². The third kappa shape index (κ3) is 4.14. The summed E-state index contributed by atoms with van der Waals surface area (Å²) in [6, 6.07) is 1.61. The van der Waals surface area contributed by atoms with Gasteiger partial charge in [-0.3, -0.25) is 0 Å². The molecular weight excluding hydrogens is 242 g/mol. The molecule has 1 aromatic rings. The molecular formula is C10H15N3O3S. The van der Waals surface area contributed by atoms with Crippen LogP contribution in [-0.2, 0) is 14.4 Å². The van der Waals surface area contributed by atoms with Crippen molar-refractivity contribution in [3.63, 3.8) is 0 Å². The smallest absolute Gasteiger partial charge is 0.332 e. The van der Waals surface area contributed by atoms with E-state index in [1.807, 2.05) is 0 Å². The molecule has 7 heteroatoms. The van der Waals surface area contributed by atoms with Gasteiger partial charge >= 0.3 is 5.97 Å². The summed E-state index contributed by atoms with van der Waals surface area (Å²) in [5, 5.41) is 5.29. The van der Waals surface area contributed by atoms with E-state index in [4.69, 9.17) is 16.2 Å². The van der Waals surface area contributed by atoms with Crippen LogP contribution in [0.25, 0.3) is 0 Å². The van der Waals surface area contributed by atoms with Crippen molar-refractivity contribution >= 4 is 23.1 Å². The molecule has 94 valence electrons. The molecule has 0 amide bonds. The van der Waals surface area contributed by atoms with Gasteiger partial charge in [0.05, 0.1) is 12.6 Å². The van der Waals surface area contributed by atoms with Gasteiger partial charge in [-0.25, -0.2) is 4.79 Å². The summed E-state index contributed by atoms with van der Waals surface area (Å²) in [6.45, 7) is 1.69. The number of carbonyl (C=O) groups is 1. The number of amidine groups is 1. The molecule has 1 heterocycles. The van der Waals surface area contributed by atoms with Crippen LogP contribution < -0.4 is 11.5 Å². The Morgan fingerprint density at radius 2 is 2.35 bits per heavy atom. The van der Waals surface area contributed by atoms with Gasteiger partial charge in [0.2, 0.25) is 0 Å². The van der Waals surface area contributed by atoms with Crippen LogP contribution in [0.5, 0.6) is 0 Å². The lowest BCUT2D eigenvalue weighted by atomic mass is 10.2. The van der Waals surface area contributed by atoms with E-state index in [9.17, 15) is 4.79 Å². The third-order valence-electron chi connectivity index (χ3n) is 1.90. The first kappa shape index (κ1) is 13.6. The van der Waals surface area contributed by atoms with Gasteiger partial charge in [-0.2, -0.15) is 0 Å². The van der Waals surface area contributed by atoms with Crippen molar-refractivity contribution in [3.8, 4) is 0 Å². The number of rotatable bonds is 5. The van der Waals surface area contributed by atoms with Gasteiger partial charge < -0.3 is 21.0 Å². The average molecular weight is 257 g/mol. The highest BCUT2D eigenvalue weighted by Crippen LogP contribution is 2.20. The Morgan fingerprint density at radius 1 is 1.65 bits per heavy atom. The van der Waals surface area contributed by atoms with Crippen LogP contribution in [0.3, 0.4) is 0 Å². The van der Waals surface area contributed by atoms with Gasteiger partial charge in [-0.1, -0.05) is 5.16 Å². The minimum absolute atomic E-state index is 0.146. The van der Waals surface area contributed by atoms with E-state index in [1.165, 1.54) is 18.3 Å². The first-order chi connectivity index (χ1) is 8.04. The lowest BCUT2D eigenvalue weighted by molar-refractivity contribution is -0.140. The first-order valence-electron chi connectivity index (χ1n) is 4.89. The van der Waals surface area contributed by atoms with Crippen molar-refractivity contribution in [2.24, 2.45) is 16.6 Å². The molecule has 4 N–H and O–H groups in total. The highest BCUT2D eigenvalue weighted by atomic mass is 32.1. The van der Waals surface area contributed by atoms with Gasteiger partial charge in [0.25, 0.3) is 0 Å². The molecule has 0 saturated heterocycles. The minimum Gasteiger partial charge on any atom is -0.383 e. The van der Waals surface area contributed by atoms with Crippen LogP contribution in [0, 0.1) is 0 Å². The Bertz CT molecular complexity index is 417. The maximum Gasteiger partial charge on any atom is 0.332 e. The van der Waals surface area contributed by atoms with Crippen molar-refractivity contribution in [1.29, 1.82) is 0 Å². The summed E-state index contributed by atoms with van der Waals surface area (Å²) in [5.41, 5.74) is 12.2. The van der Waals surface area contributed by atoms with E-state index in [2.05, 4.69) is 9.99 Å². The summed E-state index contributed by atoms with van der Waals surface area (Å²) in [7, 11) is 1.59. The molecule has 0 aliphatic rings. The highest BCUT2D eigenvalue weighted by Gasteiger charge is 2.11. The topological polar surface area (TPSA) is 99.9 Å². The normalized spacial score (nSPS) is 13.5. The fourth-order valence-corrected chi connectivity index (χ4v) is 2.00. The summed E-state index contributed by atoms with van der Waals surface area (Å²) in [6.07, 6.45) is 0. The Labute approximate surface area is 103 Å². The fourth-order valence-electron chi connectivity index (χ4n) is 1.11. The summed E-state index contributed by atoms with van der Waals surface area (Å²) >= 11 is 1.45. The maximum absolute atomic E-state index is 10.6. The molecule has 0 radical (unpaired) electrons. The monoisotopic (exact) mass is 257 g/mol. The number of nitrogens with two attached hydrogens (primary N) is 2. The molecule has 0 saturated carbocycles. The summed E-state index contributed by atoms with van der Waals surface area (Å²) in [4.78, 5) is 15.9. The predicted octanol–water partition coefficient (Wildman–Crippen LogP) is 0.578. The van der Waals surface area contributed by atoms with Crippen LogP contribution in [0.15, 0.2) is 16.6 Å². The Morgan fingerprint density at radius 3 is 2.94 bits per heavy atom. The third-order valence-corrected chi connectivity index (χ3v) is 2.96. The maximum atomic E-state index is 10.6. The van der Waals surface area contributed by atoms with Crippen LogP contribution in [-0.4, -0.2) is 25.5 Å². The van der Waals surface area contributed by atoms with Gasteiger partial charge in [0.1, 0.15) is 0 Å². The minimum atomic E-state index is -0.514. The van der Waals surface area contributed by atoms with Crippen molar-refractivity contribution in [1.82, 2.24) is 0 Å². The van der Waals surface area contributed by atoms with Crippen molar-refractivity contribution in [2.75, 3.05) is 13.7 Å². The molecule has 0 spiro atoms. The second-order valence-electron chi connectivity index (χ2n) is 3.36. The van der Waals surface area contributed by atoms with E-state index < -0.39 is 5.97 Å². The molecule has 17 heavy (non-hydrogen) atoms. The largest absolute Gasteiger partial charge is 0.383 e. The summed E-state index contributed by atoms with van der Waals surface area (Å²) < 4.78 is 4.96. The second kappa shape index (κ2) is 6.33. The number of oxime groups is 1. The molecule has 0 unspecified atom stereocenters. The SMILES string of the molecule is COC[C@@H](N)c1cc(C(N)=NOC(C)=O)cs1. The zero-order valence-corrected chi connectivity index (χ0v) is 10.5. The number of thiophene rings is 1. The van der Waals surface area contributed by atoms with E-state index >= 15 is 0 Å². The second-order valence-corrected chi connectivity index (χ2v) is 4.30. The zero-order valence-electron chi connectivity index (χ0n) is 9.67. The molecule has 0 aliphatic carbocycles. The van der Waals surface area contributed by atoms with Gasteiger partial charge in [-0.15, -0.1) is 11.3 Å². The van der Waals surface area contributed by atoms with Crippen LogP contribution >= 0.6 is 11.3 Å². The quantitative estimate of drug-likeness (QED) is 0.348. The van der Waals surface area contributed by atoms with Crippen LogP contribution in [0.1, 0.15) is 23.4 Å². The van der Waals surface area contributed by atoms with E-state index in [1.54, 1.807) is 18.6 Å². The molecule has 0 aliphatic heterocycles. The average Bonchev–Trinajstić information content (AvgIpc) is 2.75. The zero-order chi connectivity index (χ0) is 12.8. The van der Waals surface area contributed by atoms with E-state index in [0.717, 1.165) is 4.88 Å². The fraction of sp³-hybridized carbons (Fsp3) is 0.400. The Kier molecular flexibility index (Phi) is 5.08. The number of ether oxygens (including phenoxy) is 1. The van der Waals surface area contributed by atoms with Crippen LogP contribution in [0.4, 0.5) is 0 Å². The lowest BCUT2D eigenvalue weighted by Gasteiger charge is -2.06. The Hall–Kier alpha value is -1.44. The molecule has 1 rings (SSSR count). The highest BCUT2D eigenvalue weighted by molar-refractivity contribution is 7.10. The number of hydrogen-bond donors (Lipinski definition) is 2. The van der Waals surface area contributed by atoms with Crippen molar-refractivity contribution in [3.05, 3.63) is 21.9 Å². The predicted molar refractivity (Wildman–Crippen MR) is 65.6 cm³/mol. The number of carbonyl (C=O) groups excluding carboxylic acids is 1. The van der Waals surface area contributed by atoms with E-state index in [-0.39, 0.29) is 11.9 Å². The molecule has 0 aromatic carbocycles. The number of hydrogen-bond acceptors (Lipinski definition) is 6. The number of methoxy groups -OCH3 is 1. The Balaban J connectivity index is 2.73. The van der Waals surface area contributed by atoms with Gasteiger partial charge in [0.15, 0.2) is 5.84 Å². The molecule has 0 fully saturated rings. The summed E-state index contributed by atoms with van der Waals surface area (Å²) in [5.74, 6) is -0.369. The molecule has 6 nitrogen and oxygen atoms in total. The van der Waals surface area contributed by atoms with E-state index in [0.29, 0.717) is 12.2 Å². The van der Waals surface area contributed by atoms with Crippen molar-refractivity contribution < 1.29 is 14.4 Å².